The lowest BCUT2D eigenvalue weighted by Gasteiger charge is -1.99. The second-order valence-electron chi connectivity index (χ2n) is 4.37. The summed E-state index contributed by atoms with van der Waals surface area (Å²) in [6.45, 7) is 5.82. The van der Waals surface area contributed by atoms with Gasteiger partial charge in [-0.2, -0.15) is 0 Å². The molecule has 1 amide bonds. The molecule has 0 aromatic carbocycles. The number of halogens is 1. The Balaban J connectivity index is 2.07. The molecule has 2 heterocycles. The van der Waals surface area contributed by atoms with Gasteiger partial charge in [0.1, 0.15) is 10.8 Å². The monoisotopic (exact) mass is 299 g/mol. The number of carbonyl (C=O) groups excluding carboxylic acids is 1. The van der Waals surface area contributed by atoms with E-state index in [0.717, 1.165) is 5.01 Å². The number of furan rings is 1. The Morgan fingerprint density at radius 3 is 2.63 bits per heavy atom. The summed E-state index contributed by atoms with van der Waals surface area (Å²) >= 11 is 7.23. The second-order valence-corrected chi connectivity index (χ2v) is 6.04. The molecule has 0 saturated carbocycles. The van der Waals surface area contributed by atoms with Gasteiger partial charge in [0.2, 0.25) is 5.13 Å². The number of rotatable bonds is 4. The minimum Gasteiger partial charge on any atom is -0.454 e. The summed E-state index contributed by atoms with van der Waals surface area (Å²) in [5.74, 6) is 0.709. The van der Waals surface area contributed by atoms with Gasteiger partial charge in [0.15, 0.2) is 5.76 Å². The van der Waals surface area contributed by atoms with Gasteiger partial charge in [0.25, 0.3) is 5.91 Å². The van der Waals surface area contributed by atoms with Crippen molar-refractivity contribution in [2.24, 2.45) is 0 Å². The summed E-state index contributed by atoms with van der Waals surface area (Å²) in [6, 6.07) is 3.28. The Bertz CT molecular complexity index is 577. The topological polar surface area (TPSA) is 68.0 Å². The van der Waals surface area contributed by atoms with Crippen molar-refractivity contribution in [2.45, 2.75) is 32.1 Å². The van der Waals surface area contributed by atoms with Crippen molar-refractivity contribution in [1.82, 2.24) is 10.2 Å². The van der Waals surface area contributed by atoms with Gasteiger partial charge in [-0.15, -0.1) is 21.8 Å². The lowest BCUT2D eigenvalue weighted by Crippen LogP contribution is -2.10. The van der Waals surface area contributed by atoms with E-state index in [4.69, 9.17) is 16.0 Å². The van der Waals surface area contributed by atoms with Crippen LogP contribution in [-0.4, -0.2) is 16.1 Å². The SMILES string of the molecule is CC(C)c1nnc(NC(=O)c2ccc(C(C)Cl)o2)s1. The minimum atomic E-state index is -0.352. The third-order valence-corrected chi connectivity index (χ3v) is 3.75. The van der Waals surface area contributed by atoms with E-state index in [-0.39, 0.29) is 23.0 Å². The van der Waals surface area contributed by atoms with Crippen molar-refractivity contribution in [3.63, 3.8) is 0 Å². The van der Waals surface area contributed by atoms with Crippen molar-refractivity contribution in [2.75, 3.05) is 5.32 Å². The smallest absolute Gasteiger partial charge is 0.293 e. The fourth-order valence-electron chi connectivity index (χ4n) is 1.37. The van der Waals surface area contributed by atoms with Gasteiger partial charge in [0.05, 0.1) is 5.38 Å². The van der Waals surface area contributed by atoms with E-state index in [9.17, 15) is 4.79 Å². The van der Waals surface area contributed by atoms with E-state index >= 15 is 0 Å². The van der Waals surface area contributed by atoms with E-state index in [1.54, 1.807) is 19.1 Å². The second kappa shape index (κ2) is 5.71. The average Bonchev–Trinajstić information content (AvgIpc) is 2.96. The largest absolute Gasteiger partial charge is 0.454 e. The molecule has 1 atom stereocenters. The van der Waals surface area contributed by atoms with Gasteiger partial charge in [-0.25, -0.2) is 0 Å². The third-order valence-electron chi connectivity index (χ3n) is 2.40. The molecule has 0 bridgehead atoms. The number of amides is 1. The molecule has 1 N–H and O–H groups in total. The number of anilines is 1. The number of nitrogens with one attached hydrogen (secondary N) is 1. The van der Waals surface area contributed by atoms with Gasteiger partial charge in [-0.05, 0) is 19.1 Å². The predicted octanol–water partition coefficient (Wildman–Crippen LogP) is 3.81. The lowest BCUT2D eigenvalue weighted by molar-refractivity contribution is 0.0995. The zero-order valence-corrected chi connectivity index (χ0v) is 12.4. The van der Waals surface area contributed by atoms with Crippen LogP contribution in [0.1, 0.15) is 53.4 Å². The van der Waals surface area contributed by atoms with Crippen LogP contribution in [0.3, 0.4) is 0 Å². The van der Waals surface area contributed by atoms with E-state index in [1.165, 1.54) is 11.3 Å². The fraction of sp³-hybridized carbons (Fsp3) is 0.417. The van der Waals surface area contributed by atoms with Crippen LogP contribution in [0.15, 0.2) is 16.5 Å². The molecule has 0 spiro atoms. The Hall–Kier alpha value is -1.40. The van der Waals surface area contributed by atoms with Gasteiger partial charge in [-0.1, -0.05) is 25.2 Å². The number of nitrogens with zero attached hydrogens (tertiary/aromatic N) is 2. The highest BCUT2D eigenvalue weighted by Crippen LogP contribution is 2.24. The van der Waals surface area contributed by atoms with Crippen LogP contribution in [-0.2, 0) is 0 Å². The van der Waals surface area contributed by atoms with Gasteiger partial charge < -0.3 is 4.42 Å². The molecule has 0 saturated heterocycles. The van der Waals surface area contributed by atoms with Crippen molar-refractivity contribution in [3.05, 3.63) is 28.7 Å². The van der Waals surface area contributed by atoms with E-state index in [2.05, 4.69) is 15.5 Å². The molecule has 2 aromatic rings. The highest BCUT2D eigenvalue weighted by molar-refractivity contribution is 7.15. The van der Waals surface area contributed by atoms with Gasteiger partial charge in [-0.3, -0.25) is 10.1 Å². The van der Waals surface area contributed by atoms with Crippen LogP contribution in [0.2, 0.25) is 0 Å². The quantitative estimate of drug-likeness (QED) is 0.872. The van der Waals surface area contributed by atoms with Crippen molar-refractivity contribution >= 4 is 34.0 Å². The van der Waals surface area contributed by atoms with Crippen LogP contribution in [0.5, 0.6) is 0 Å². The number of alkyl halides is 1. The molecular weight excluding hydrogens is 286 g/mol. The standard InChI is InChI=1S/C12H14ClN3O2S/c1-6(2)11-15-16-12(19-11)14-10(17)9-5-4-8(18-9)7(3)13/h4-7H,1-3H3,(H,14,16,17). The van der Waals surface area contributed by atoms with Gasteiger partial charge in [0, 0.05) is 5.92 Å². The molecule has 0 aliphatic heterocycles. The van der Waals surface area contributed by atoms with Crippen LogP contribution < -0.4 is 5.32 Å². The summed E-state index contributed by atoms with van der Waals surface area (Å²) in [7, 11) is 0. The zero-order chi connectivity index (χ0) is 14.0. The lowest BCUT2D eigenvalue weighted by atomic mass is 10.2. The third kappa shape index (κ3) is 3.33. The van der Waals surface area contributed by atoms with Crippen LogP contribution in [0.25, 0.3) is 0 Å². The molecule has 102 valence electrons. The Morgan fingerprint density at radius 2 is 2.11 bits per heavy atom. The normalized spacial score (nSPS) is 12.7. The molecule has 0 aliphatic rings. The molecule has 2 aromatic heterocycles. The molecule has 0 fully saturated rings. The van der Waals surface area contributed by atoms with Crippen LogP contribution >= 0.6 is 22.9 Å². The molecule has 19 heavy (non-hydrogen) atoms. The maximum atomic E-state index is 11.9. The number of carbonyl (C=O) groups is 1. The minimum absolute atomic E-state index is 0.212. The summed E-state index contributed by atoms with van der Waals surface area (Å²) in [5.41, 5.74) is 0. The zero-order valence-electron chi connectivity index (χ0n) is 10.8. The molecule has 5 nitrogen and oxygen atoms in total. The Morgan fingerprint density at radius 1 is 1.37 bits per heavy atom. The number of hydrogen-bond donors (Lipinski definition) is 1. The van der Waals surface area contributed by atoms with Crippen molar-refractivity contribution in [1.29, 1.82) is 0 Å². The summed E-state index contributed by atoms with van der Waals surface area (Å²) < 4.78 is 5.35. The molecule has 0 aliphatic carbocycles. The molecule has 7 heteroatoms. The highest BCUT2D eigenvalue weighted by Gasteiger charge is 2.16. The Labute approximate surface area is 120 Å². The first-order valence-electron chi connectivity index (χ1n) is 5.86. The predicted molar refractivity (Wildman–Crippen MR) is 74.9 cm³/mol. The van der Waals surface area contributed by atoms with Crippen molar-refractivity contribution in [3.8, 4) is 0 Å². The summed E-state index contributed by atoms with van der Waals surface area (Å²) in [6.07, 6.45) is 0. The van der Waals surface area contributed by atoms with Crippen LogP contribution in [0.4, 0.5) is 5.13 Å². The first-order chi connectivity index (χ1) is 8.97. The molecule has 2 rings (SSSR count). The van der Waals surface area contributed by atoms with E-state index in [0.29, 0.717) is 10.9 Å². The first-order valence-corrected chi connectivity index (χ1v) is 7.11. The first kappa shape index (κ1) is 14.0. The summed E-state index contributed by atoms with van der Waals surface area (Å²) in [4.78, 5) is 11.9. The molecule has 0 radical (unpaired) electrons. The fourth-order valence-corrected chi connectivity index (χ4v) is 2.22. The Kier molecular flexibility index (Phi) is 4.21. The molecule has 1 unspecified atom stereocenters. The van der Waals surface area contributed by atoms with Crippen LogP contribution in [0, 0.1) is 0 Å². The maximum absolute atomic E-state index is 11.9. The summed E-state index contributed by atoms with van der Waals surface area (Å²) in [5, 5.41) is 11.6. The number of hydrogen-bond acceptors (Lipinski definition) is 5. The highest BCUT2D eigenvalue weighted by atomic mass is 35.5. The van der Waals surface area contributed by atoms with Gasteiger partial charge >= 0.3 is 0 Å². The average molecular weight is 300 g/mol. The number of aromatic nitrogens is 2. The van der Waals surface area contributed by atoms with E-state index in [1.807, 2.05) is 13.8 Å². The van der Waals surface area contributed by atoms with Crippen molar-refractivity contribution < 1.29 is 9.21 Å². The van der Waals surface area contributed by atoms with E-state index < -0.39 is 0 Å². The molecular formula is C12H14ClN3O2S. The maximum Gasteiger partial charge on any atom is 0.293 e.